The molecule has 35 nitrogen and oxygen atoms in total. The van der Waals surface area contributed by atoms with Gasteiger partial charge in [0, 0.05) is 116 Å². The van der Waals surface area contributed by atoms with E-state index in [0.29, 0.717) is 132 Å². The highest BCUT2D eigenvalue weighted by atomic mass is 35.5. The summed E-state index contributed by atoms with van der Waals surface area (Å²) >= 11 is 19.3. The summed E-state index contributed by atoms with van der Waals surface area (Å²) in [4.78, 5) is 122. The van der Waals surface area contributed by atoms with Crippen molar-refractivity contribution in [3.8, 4) is 116 Å². The van der Waals surface area contributed by atoms with Gasteiger partial charge in [0.15, 0.2) is 28.9 Å². The molecule has 1 fully saturated rings. The Hall–Kier alpha value is -16.6. The molecule has 0 radical (unpaired) electrons. The lowest BCUT2D eigenvalue weighted by molar-refractivity contribution is 0.00564. The number of hydrogen-bond donors (Lipinski definition) is 4. The molecule has 0 saturated carbocycles. The number of aliphatic hydroxyl groups is 4. The summed E-state index contributed by atoms with van der Waals surface area (Å²) in [7, 11) is 0. The van der Waals surface area contributed by atoms with Crippen molar-refractivity contribution in [1.82, 2.24) is 98.0 Å². The van der Waals surface area contributed by atoms with Crippen molar-refractivity contribution >= 4 is 34.8 Å². The SMILES string of the molecule is C#Cc1cc(OCc2ncc(C)cc2F)c(Cl)c(=O)n1-c1cc(-c2ccnc(C(C)(C)O)n2)ncc1C.Cc1cnc(COc2cc(C#N)n(-c3cc(-c4ccnc(C(C)(C)O)n4)ncc3C)c(=O)c2Cl)c(F)c1.Cc1cnc(COc2cc(C)n(-c3cc(-c4ccnc(C(C)(C)O)n4)ncc3C)c(=O)c2C#N)c(F)c1.Cc1cnc(COc2cc(C3COC3)n(-c3cc(-c4ccnc(C(C)(C)O)n4)ncc3C)c(=O)c2Cl)c(F)c1. The first-order valence-electron chi connectivity index (χ1n) is 46.1. The summed E-state index contributed by atoms with van der Waals surface area (Å²) in [5.41, 5.74) is 4.70. The van der Waals surface area contributed by atoms with Gasteiger partial charge in [0.25, 0.3) is 22.2 Å². The van der Waals surface area contributed by atoms with E-state index < -0.39 is 67.9 Å². The molecule has 0 bridgehead atoms. The number of hydrogen-bond acceptors (Lipinski definition) is 31. The summed E-state index contributed by atoms with van der Waals surface area (Å²) in [6.07, 6.45) is 24.3. The Bertz CT molecular complexity index is 8110. The highest BCUT2D eigenvalue weighted by molar-refractivity contribution is 6.32. The van der Waals surface area contributed by atoms with Gasteiger partial charge in [0.2, 0.25) is 0 Å². The molecule has 1 aliphatic heterocycles. The highest BCUT2D eigenvalue weighted by Crippen LogP contribution is 2.38. The predicted octanol–water partition coefficient (Wildman–Crippen LogP) is 16.7. The minimum absolute atomic E-state index is 0.00944. The van der Waals surface area contributed by atoms with Crippen LogP contribution in [0.4, 0.5) is 17.6 Å². The number of nitrogens with zero attached hydrogens (tertiary/aromatic N) is 22. The van der Waals surface area contributed by atoms with Crippen LogP contribution in [-0.2, 0) is 53.6 Å². The zero-order chi connectivity index (χ0) is 109. The van der Waals surface area contributed by atoms with Crippen molar-refractivity contribution in [3.05, 3.63) is 370 Å². The molecule has 17 heterocycles. The quantitative estimate of drug-likeness (QED) is 0.0305. The monoisotopic (exact) mass is 2090 g/mol. The Morgan fingerprint density at radius 2 is 0.653 bits per heavy atom. The molecule has 0 unspecified atom stereocenters. The number of rotatable bonds is 25. The van der Waals surface area contributed by atoms with Crippen molar-refractivity contribution in [2.45, 2.75) is 172 Å². The third-order valence-corrected chi connectivity index (χ3v) is 24.0. The fraction of sp³-hybridized carbons (Fsp3) is 0.259. The molecule has 4 N–H and O–H groups in total. The Labute approximate surface area is 871 Å². The number of terminal acetylenes is 1. The van der Waals surface area contributed by atoms with Crippen LogP contribution < -0.4 is 41.2 Å². The predicted molar refractivity (Wildman–Crippen MR) is 547 cm³/mol. The van der Waals surface area contributed by atoms with Crippen LogP contribution in [0.5, 0.6) is 23.0 Å². The molecule has 0 amide bonds. The summed E-state index contributed by atoms with van der Waals surface area (Å²) in [5.74, 6) is 1.33. The van der Waals surface area contributed by atoms with Crippen molar-refractivity contribution in [2.75, 3.05) is 13.2 Å². The molecule has 0 spiro atoms. The Kier molecular flexibility index (Phi) is 33.1. The maximum Gasteiger partial charge on any atom is 0.278 e. The molecule has 17 rings (SSSR count). The van der Waals surface area contributed by atoms with Crippen LogP contribution in [0, 0.1) is 121 Å². The van der Waals surface area contributed by atoms with Crippen molar-refractivity contribution in [2.24, 2.45) is 0 Å². The maximum absolute atomic E-state index is 14.3. The average molecular weight is 2090 g/mol. The van der Waals surface area contributed by atoms with Crippen molar-refractivity contribution < 1.29 is 61.7 Å². The number of aryl methyl sites for hydroxylation is 9. The van der Waals surface area contributed by atoms with E-state index in [0.717, 1.165) is 10.1 Å². The van der Waals surface area contributed by atoms with Gasteiger partial charge in [-0.15, -0.1) is 6.42 Å². The summed E-state index contributed by atoms with van der Waals surface area (Å²) in [6.45, 7) is 28.3. The number of nitriles is 2. The molecule has 150 heavy (non-hydrogen) atoms. The van der Waals surface area contributed by atoms with Crippen LogP contribution >= 0.6 is 34.8 Å². The molecular weight excluding hydrogens is 2000 g/mol. The molecule has 0 aliphatic carbocycles. The standard InChI is InChI=1S/C28H27ClFN5O4.C27H23ClFN5O3.C27H25FN6O3.C26H22ClFN6O3/c1-15-7-18(30)21(32-10-15)14-39-24-9-23(17-12-38-13-17)35(26(36)25(24)29)22-8-20(33-11-16(22)2)19-5-6-31-27(34-19)28(3,4)37;1-6-17-10-23(37-14-21-18(29)9-15(2)12-31-21)24(28)25(35)34(17)22-11-20(32-13-16(22)3)19-7-8-30-26(33-19)27(4,5)36;1-15-8-19(28)22(31-12-15)14-37-24-9-17(3)34(25(35)18(24)11-29)23-10-21(32-13-16(23)2)20-6-7-30-26(33-20)27(4,5)36;1-14-7-17(28)20(31-11-14)13-37-22-8-16(10-29)34(24(35)23(22)27)21-9-19(32-12-15(21)2)18-5-6-30-25(33-18)26(3,4)36/h5-11,17,37H,12-14H2,1-4H3;1,7-13,36H,14H2,2-5H3;6-10,12-13,36H,14H2,1-5H3;5-9,11-12,36H,13H2,1-4H3. The van der Waals surface area contributed by atoms with Gasteiger partial charge in [-0.05, 0) is 235 Å². The zero-order valence-corrected chi connectivity index (χ0v) is 86.3. The molecule has 1 saturated heterocycles. The van der Waals surface area contributed by atoms with Gasteiger partial charge in [-0.1, -0.05) is 40.7 Å². The van der Waals surface area contributed by atoms with Gasteiger partial charge in [-0.25, -0.2) is 57.4 Å². The minimum atomic E-state index is -1.27. The highest BCUT2D eigenvalue weighted by Gasteiger charge is 2.33. The minimum Gasteiger partial charge on any atom is -0.486 e. The van der Waals surface area contributed by atoms with Gasteiger partial charge in [-0.3, -0.25) is 77.3 Å². The lowest BCUT2D eigenvalue weighted by Gasteiger charge is -2.30. The van der Waals surface area contributed by atoms with Crippen LogP contribution in [0.1, 0.15) is 180 Å². The lowest BCUT2D eigenvalue weighted by atomic mass is 10.0. The van der Waals surface area contributed by atoms with E-state index in [2.05, 4.69) is 85.7 Å². The van der Waals surface area contributed by atoms with Crippen molar-refractivity contribution in [3.63, 3.8) is 0 Å². The lowest BCUT2D eigenvalue weighted by Crippen LogP contribution is -2.33. The van der Waals surface area contributed by atoms with E-state index in [1.165, 1.54) is 93.5 Å². The Balaban J connectivity index is 0.000000157. The van der Waals surface area contributed by atoms with E-state index in [4.69, 9.17) is 64.9 Å². The first-order valence-corrected chi connectivity index (χ1v) is 47.2. The summed E-state index contributed by atoms with van der Waals surface area (Å²) < 4.78 is 90.3. The van der Waals surface area contributed by atoms with E-state index in [1.54, 1.807) is 202 Å². The molecule has 42 heteroatoms. The fourth-order valence-corrected chi connectivity index (χ4v) is 15.5. The van der Waals surface area contributed by atoms with Gasteiger partial charge in [0.1, 0.15) is 156 Å². The van der Waals surface area contributed by atoms with Crippen LogP contribution in [0.15, 0.2) is 191 Å². The largest absolute Gasteiger partial charge is 0.486 e. The van der Waals surface area contributed by atoms with Crippen LogP contribution in [-0.4, -0.2) is 132 Å². The molecular formula is C108H97Cl3F4N22O13. The molecule has 766 valence electrons. The van der Waals surface area contributed by atoms with Gasteiger partial charge in [-0.2, -0.15) is 10.5 Å². The smallest absolute Gasteiger partial charge is 0.278 e. The van der Waals surface area contributed by atoms with E-state index >= 15 is 0 Å². The number of pyridine rings is 12. The number of aromatic nitrogens is 20. The molecule has 16 aromatic rings. The first-order chi connectivity index (χ1) is 71.0. The molecule has 0 aromatic carbocycles. The molecule has 0 atom stereocenters. The Morgan fingerprint density at radius 3 is 0.940 bits per heavy atom. The molecule has 1 aliphatic rings. The third-order valence-electron chi connectivity index (χ3n) is 23.0. The van der Waals surface area contributed by atoms with Gasteiger partial charge >= 0.3 is 0 Å². The molecule has 16 aromatic heterocycles. The number of ether oxygens (including phenoxy) is 5. The maximum atomic E-state index is 14.3. The van der Waals surface area contributed by atoms with Gasteiger partial charge in [0.05, 0.1) is 81.5 Å². The fourth-order valence-electron chi connectivity index (χ4n) is 14.9. The topological polar surface area (TPSA) is 469 Å². The summed E-state index contributed by atoms with van der Waals surface area (Å²) in [6, 6.07) is 28.5. The summed E-state index contributed by atoms with van der Waals surface area (Å²) in [5, 5.41) is 60.1. The Morgan fingerprint density at radius 1 is 0.367 bits per heavy atom. The van der Waals surface area contributed by atoms with E-state index in [1.807, 2.05) is 19.1 Å². The van der Waals surface area contributed by atoms with Crippen LogP contribution in [0.3, 0.4) is 0 Å². The second kappa shape index (κ2) is 45.4. The second-order valence-electron chi connectivity index (χ2n) is 37.0. The third kappa shape index (κ3) is 24.9. The first kappa shape index (κ1) is 109. The average Bonchev–Trinajstić information content (AvgIpc) is 0.750. The number of halogens is 7. The normalized spacial score (nSPS) is 12.0. The van der Waals surface area contributed by atoms with Gasteiger partial charge < -0.3 is 44.1 Å². The van der Waals surface area contributed by atoms with E-state index in [9.17, 15) is 67.7 Å². The zero-order valence-electron chi connectivity index (χ0n) is 84.0. The van der Waals surface area contributed by atoms with Crippen LogP contribution in [0.2, 0.25) is 15.1 Å². The van der Waals surface area contributed by atoms with E-state index in [-0.39, 0.29) is 133 Å². The van der Waals surface area contributed by atoms with Crippen molar-refractivity contribution in [1.29, 1.82) is 10.5 Å². The van der Waals surface area contributed by atoms with Crippen LogP contribution in [0.25, 0.3) is 68.3 Å². The second-order valence-corrected chi connectivity index (χ2v) is 38.1.